The Morgan fingerprint density at radius 2 is 1.89 bits per heavy atom. The third-order valence-corrected chi connectivity index (χ3v) is 3.35. The molecule has 1 aliphatic rings. The minimum Gasteiger partial charge on any atom is -0.296 e. The second kappa shape index (κ2) is 5.94. The predicted octanol–water partition coefficient (Wildman–Crippen LogP) is 1.78. The summed E-state index contributed by atoms with van der Waals surface area (Å²) in [5.41, 5.74) is 1.86. The number of hydrogen-bond donors (Lipinski definition) is 0. The van der Waals surface area contributed by atoms with Crippen LogP contribution < -0.4 is 0 Å². The fourth-order valence-corrected chi connectivity index (χ4v) is 2.27. The van der Waals surface area contributed by atoms with E-state index in [1.54, 1.807) is 6.07 Å². The number of nitriles is 1. The molecule has 1 heterocycles. The van der Waals surface area contributed by atoms with Gasteiger partial charge in [0.15, 0.2) is 0 Å². The molecule has 1 saturated heterocycles. The van der Waals surface area contributed by atoms with E-state index in [0.717, 1.165) is 37.3 Å². The van der Waals surface area contributed by atoms with Gasteiger partial charge in [-0.15, -0.1) is 0 Å². The van der Waals surface area contributed by atoms with E-state index in [0.29, 0.717) is 13.1 Å². The third kappa shape index (κ3) is 3.28. The number of piperazine rings is 1. The van der Waals surface area contributed by atoms with Gasteiger partial charge in [-0.1, -0.05) is 17.7 Å². The maximum absolute atomic E-state index is 13.6. The SMILES string of the molecule is Cc1ccc(F)c(CN2CCN(CC#N)CC2)c1. The fraction of sp³-hybridized carbons (Fsp3) is 0.500. The van der Waals surface area contributed by atoms with Crippen molar-refractivity contribution in [2.45, 2.75) is 13.5 Å². The molecule has 0 N–H and O–H groups in total. The van der Waals surface area contributed by atoms with E-state index in [4.69, 9.17) is 5.26 Å². The fourth-order valence-electron chi connectivity index (χ4n) is 2.27. The van der Waals surface area contributed by atoms with Crippen LogP contribution in [-0.2, 0) is 6.54 Å². The monoisotopic (exact) mass is 247 g/mol. The van der Waals surface area contributed by atoms with E-state index in [1.165, 1.54) is 6.07 Å². The summed E-state index contributed by atoms with van der Waals surface area (Å²) in [5.74, 6) is -0.125. The van der Waals surface area contributed by atoms with E-state index >= 15 is 0 Å². The summed E-state index contributed by atoms with van der Waals surface area (Å²) in [6.07, 6.45) is 0. The Kier molecular flexibility index (Phi) is 4.29. The first kappa shape index (κ1) is 13.0. The van der Waals surface area contributed by atoms with Crippen molar-refractivity contribution in [1.29, 1.82) is 5.26 Å². The maximum Gasteiger partial charge on any atom is 0.127 e. The summed E-state index contributed by atoms with van der Waals surface area (Å²) in [6, 6.07) is 7.41. The Labute approximate surface area is 107 Å². The van der Waals surface area contributed by atoms with Gasteiger partial charge in [0.25, 0.3) is 0 Å². The smallest absolute Gasteiger partial charge is 0.127 e. The summed E-state index contributed by atoms with van der Waals surface area (Å²) in [7, 11) is 0. The van der Waals surface area contributed by atoms with Gasteiger partial charge in [-0.2, -0.15) is 5.26 Å². The van der Waals surface area contributed by atoms with Crippen molar-refractivity contribution in [2.75, 3.05) is 32.7 Å². The molecule has 0 amide bonds. The summed E-state index contributed by atoms with van der Waals surface area (Å²) < 4.78 is 13.6. The summed E-state index contributed by atoms with van der Waals surface area (Å²) >= 11 is 0. The first-order valence-electron chi connectivity index (χ1n) is 6.26. The van der Waals surface area contributed by atoms with Crippen LogP contribution in [0.15, 0.2) is 18.2 Å². The first-order valence-corrected chi connectivity index (χ1v) is 6.26. The van der Waals surface area contributed by atoms with Crippen LogP contribution in [0.4, 0.5) is 4.39 Å². The molecule has 18 heavy (non-hydrogen) atoms. The lowest BCUT2D eigenvalue weighted by Gasteiger charge is -2.33. The zero-order valence-corrected chi connectivity index (χ0v) is 10.7. The van der Waals surface area contributed by atoms with Gasteiger partial charge in [0.2, 0.25) is 0 Å². The van der Waals surface area contributed by atoms with Crippen molar-refractivity contribution in [2.24, 2.45) is 0 Å². The molecule has 96 valence electrons. The highest BCUT2D eigenvalue weighted by atomic mass is 19.1. The molecular weight excluding hydrogens is 229 g/mol. The lowest BCUT2D eigenvalue weighted by molar-refractivity contribution is 0.137. The zero-order valence-electron chi connectivity index (χ0n) is 10.7. The molecule has 0 aromatic heterocycles. The van der Waals surface area contributed by atoms with Gasteiger partial charge in [-0.25, -0.2) is 4.39 Å². The van der Waals surface area contributed by atoms with Crippen LogP contribution in [0.5, 0.6) is 0 Å². The highest BCUT2D eigenvalue weighted by Gasteiger charge is 2.17. The zero-order chi connectivity index (χ0) is 13.0. The molecule has 0 unspecified atom stereocenters. The molecule has 0 aliphatic carbocycles. The van der Waals surface area contributed by atoms with Crippen LogP contribution >= 0.6 is 0 Å². The lowest BCUT2D eigenvalue weighted by Crippen LogP contribution is -2.45. The van der Waals surface area contributed by atoms with E-state index in [-0.39, 0.29) is 5.82 Å². The Balaban J connectivity index is 1.92. The number of aryl methyl sites for hydroxylation is 1. The van der Waals surface area contributed by atoms with Crippen LogP contribution in [0.1, 0.15) is 11.1 Å². The van der Waals surface area contributed by atoms with Crippen molar-refractivity contribution < 1.29 is 4.39 Å². The van der Waals surface area contributed by atoms with E-state index in [1.807, 2.05) is 13.0 Å². The van der Waals surface area contributed by atoms with Crippen LogP contribution in [0, 0.1) is 24.1 Å². The van der Waals surface area contributed by atoms with Gasteiger partial charge in [0.05, 0.1) is 12.6 Å². The molecule has 0 radical (unpaired) electrons. The van der Waals surface area contributed by atoms with E-state index < -0.39 is 0 Å². The molecule has 1 aliphatic heterocycles. The molecule has 1 aromatic carbocycles. The maximum atomic E-state index is 13.6. The van der Waals surface area contributed by atoms with Gasteiger partial charge in [-0.3, -0.25) is 9.80 Å². The minimum atomic E-state index is -0.125. The Morgan fingerprint density at radius 1 is 1.22 bits per heavy atom. The molecule has 1 fully saturated rings. The van der Waals surface area contributed by atoms with Gasteiger partial charge < -0.3 is 0 Å². The highest BCUT2D eigenvalue weighted by Crippen LogP contribution is 2.14. The number of rotatable bonds is 3. The molecule has 0 atom stereocenters. The van der Waals surface area contributed by atoms with Crippen molar-refractivity contribution in [1.82, 2.24) is 9.80 Å². The van der Waals surface area contributed by atoms with Crippen molar-refractivity contribution in [3.63, 3.8) is 0 Å². The van der Waals surface area contributed by atoms with Crippen molar-refractivity contribution in [3.05, 3.63) is 35.1 Å². The molecular formula is C14H18FN3. The molecule has 3 nitrogen and oxygen atoms in total. The first-order chi connectivity index (χ1) is 8.69. The average molecular weight is 247 g/mol. The van der Waals surface area contributed by atoms with Gasteiger partial charge >= 0.3 is 0 Å². The third-order valence-electron chi connectivity index (χ3n) is 3.35. The Bertz CT molecular complexity index is 445. The largest absolute Gasteiger partial charge is 0.296 e. The molecule has 1 aromatic rings. The molecule has 0 bridgehead atoms. The van der Waals surface area contributed by atoms with Crippen LogP contribution in [0.25, 0.3) is 0 Å². The molecule has 0 saturated carbocycles. The van der Waals surface area contributed by atoms with Crippen LogP contribution in [0.3, 0.4) is 0 Å². The molecule has 0 spiro atoms. The van der Waals surface area contributed by atoms with Crippen LogP contribution in [0.2, 0.25) is 0 Å². The normalized spacial score (nSPS) is 17.6. The quantitative estimate of drug-likeness (QED) is 0.763. The van der Waals surface area contributed by atoms with Crippen molar-refractivity contribution >= 4 is 0 Å². The topological polar surface area (TPSA) is 30.3 Å². The standard InChI is InChI=1S/C14H18FN3/c1-12-2-3-14(15)13(10-12)11-18-8-6-17(5-4-16)7-9-18/h2-3,10H,5-9,11H2,1H3. The second-order valence-electron chi connectivity index (χ2n) is 4.81. The Hall–Kier alpha value is -1.44. The van der Waals surface area contributed by atoms with Gasteiger partial charge in [0.1, 0.15) is 5.82 Å². The van der Waals surface area contributed by atoms with Gasteiger partial charge in [-0.05, 0) is 13.0 Å². The summed E-state index contributed by atoms with van der Waals surface area (Å²) in [4.78, 5) is 4.37. The summed E-state index contributed by atoms with van der Waals surface area (Å²) in [5, 5.41) is 8.63. The lowest BCUT2D eigenvalue weighted by atomic mass is 10.1. The molecule has 4 heteroatoms. The van der Waals surface area contributed by atoms with Gasteiger partial charge in [0, 0.05) is 38.3 Å². The summed E-state index contributed by atoms with van der Waals surface area (Å²) in [6.45, 7) is 6.71. The predicted molar refractivity (Wildman–Crippen MR) is 68.5 cm³/mol. The number of halogens is 1. The highest BCUT2D eigenvalue weighted by molar-refractivity contribution is 5.24. The van der Waals surface area contributed by atoms with Crippen LogP contribution in [-0.4, -0.2) is 42.5 Å². The number of benzene rings is 1. The minimum absolute atomic E-state index is 0.125. The van der Waals surface area contributed by atoms with Crippen molar-refractivity contribution in [3.8, 4) is 6.07 Å². The number of nitrogens with zero attached hydrogens (tertiary/aromatic N) is 3. The second-order valence-corrected chi connectivity index (χ2v) is 4.81. The molecule has 2 rings (SSSR count). The average Bonchev–Trinajstić information content (AvgIpc) is 2.37. The van der Waals surface area contributed by atoms with E-state index in [2.05, 4.69) is 15.9 Å². The van der Waals surface area contributed by atoms with E-state index in [9.17, 15) is 4.39 Å². The number of hydrogen-bond acceptors (Lipinski definition) is 3. The Morgan fingerprint density at radius 3 is 2.56 bits per heavy atom.